The van der Waals surface area contributed by atoms with Crippen LogP contribution in [0.15, 0.2) is 109 Å². The first-order valence-electron chi connectivity index (χ1n) is 8.88. The minimum absolute atomic E-state index is 1.07. The van der Waals surface area contributed by atoms with E-state index in [4.69, 9.17) is 0 Å². The molecule has 0 aliphatic heterocycles. The van der Waals surface area contributed by atoms with Crippen molar-refractivity contribution in [2.75, 3.05) is 0 Å². The standard InChI is InChI=1S/C26H19Br/c1-3-8-18(4-2)21-11-12-22-16-23-15-20(19-9-6-5-7-10-19)13-14-24(23)26(27)25(22)17-21/h3-17H,1-2H2/b18-8+. The van der Waals surface area contributed by atoms with E-state index in [0.717, 1.165) is 15.6 Å². The summed E-state index contributed by atoms with van der Waals surface area (Å²) in [7, 11) is 0. The second-order valence-electron chi connectivity index (χ2n) is 6.49. The normalized spacial score (nSPS) is 11.7. The highest BCUT2D eigenvalue weighted by Gasteiger charge is 2.09. The Bertz CT molecular complexity index is 1200. The third-order valence-electron chi connectivity index (χ3n) is 4.85. The summed E-state index contributed by atoms with van der Waals surface area (Å²) in [4.78, 5) is 0. The van der Waals surface area contributed by atoms with Crippen LogP contribution in [0.25, 0.3) is 38.2 Å². The van der Waals surface area contributed by atoms with Crippen LogP contribution in [-0.4, -0.2) is 0 Å². The molecular weight excluding hydrogens is 392 g/mol. The van der Waals surface area contributed by atoms with Gasteiger partial charge in [-0.1, -0.05) is 86.0 Å². The van der Waals surface area contributed by atoms with Gasteiger partial charge >= 0.3 is 0 Å². The van der Waals surface area contributed by atoms with Crippen molar-refractivity contribution in [1.29, 1.82) is 0 Å². The summed E-state index contributed by atoms with van der Waals surface area (Å²) in [5, 5.41) is 4.86. The van der Waals surface area contributed by atoms with E-state index in [1.807, 2.05) is 18.2 Å². The van der Waals surface area contributed by atoms with Gasteiger partial charge in [-0.25, -0.2) is 0 Å². The van der Waals surface area contributed by atoms with Gasteiger partial charge in [0.25, 0.3) is 0 Å². The smallest absolute Gasteiger partial charge is 0.0332 e. The largest absolute Gasteiger partial charge is 0.0990 e. The molecule has 0 spiro atoms. The minimum atomic E-state index is 1.07. The van der Waals surface area contributed by atoms with Crippen molar-refractivity contribution in [3.8, 4) is 11.1 Å². The van der Waals surface area contributed by atoms with Crippen LogP contribution < -0.4 is 0 Å². The lowest BCUT2D eigenvalue weighted by molar-refractivity contribution is 1.64. The minimum Gasteiger partial charge on any atom is -0.0990 e. The molecule has 0 aromatic heterocycles. The summed E-state index contributed by atoms with van der Waals surface area (Å²) in [6.45, 7) is 7.71. The van der Waals surface area contributed by atoms with E-state index in [1.54, 1.807) is 6.08 Å². The van der Waals surface area contributed by atoms with Crippen molar-refractivity contribution in [2.24, 2.45) is 0 Å². The lowest BCUT2D eigenvalue weighted by Gasteiger charge is -2.11. The highest BCUT2D eigenvalue weighted by molar-refractivity contribution is 9.10. The fourth-order valence-electron chi connectivity index (χ4n) is 3.47. The van der Waals surface area contributed by atoms with E-state index in [2.05, 4.69) is 95.8 Å². The molecule has 4 aromatic rings. The Kier molecular flexibility index (Phi) is 4.79. The number of hydrogen-bond acceptors (Lipinski definition) is 0. The molecule has 0 atom stereocenters. The predicted molar refractivity (Wildman–Crippen MR) is 123 cm³/mol. The maximum Gasteiger partial charge on any atom is 0.0332 e. The van der Waals surface area contributed by atoms with Crippen molar-refractivity contribution < 1.29 is 0 Å². The van der Waals surface area contributed by atoms with E-state index in [1.165, 1.54) is 32.7 Å². The van der Waals surface area contributed by atoms with Gasteiger partial charge in [0.05, 0.1) is 0 Å². The third kappa shape index (κ3) is 3.27. The Labute approximate surface area is 168 Å². The molecule has 130 valence electrons. The molecule has 4 rings (SSSR count). The fraction of sp³-hybridized carbons (Fsp3) is 0. The van der Waals surface area contributed by atoms with Crippen molar-refractivity contribution in [3.63, 3.8) is 0 Å². The molecule has 0 aliphatic rings. The predicted octanol–water partition coefficient (Wildman–Crippen LogP) is 8.18. The van der Waals surface area contributed by atoms with Gasteiger partial charge in [-0.05, 0) is 77.9 Å². The number of benzene rings is 4. The Hall–Kier alpha value is -2.90. The molecule has 0 fully saturated rings. The Balaban J connectivity index is 1.92. The van der Waals surface area contributed by atoms with Crippen molar-refractivity contribution in [3.05, 3.63) is 114 Å². The van der Waals surface area contributed by atoms with Crippen LogP contribution in [-0.2, 0) is 0 Å². The van der Waals surface area contributed by atoms with Gasteiger partial charge in [-0.2, -0.15) is 0 Å². The van der Waals surface area contributed by atoms with Crippen LogP contribution in [0.1, 0.15) is 5.56 Å². The Morgan fingerprint density at radius 3 is 2.30 bits per heavy atom. The zero-order chi connectivity index (χ0) is 18.8. The fourth-order valence-corrected chi connectivity index (χ4v) is 4.17. The van der Waals surface area contributed by atoms with Crippen LogP contribution in [0.2, 0.25) is 0 Å². The molecular formula is C26H19Br. The van der Waals surface area contributed by atoms with Crippen LogP contribution in [0.5, 0.6) is 0 Å². The maximum absolute atomic E-state index is 3.92. The molecule has 0 nitrogen and oxygen atoms in total. The van der Waals surface area contributed by atoms with E-state index >= 15 is 0 Å². The van der Waals surface area contributed by atoms with Crippen LogP contribution in [0, 0.1) is 0 Å². The summed E-state index contributed by atoms with van der Waals surface area (Å²) in [6.07, 6.45) is 5.64. The second kappa shape index (κ2) is 7.38. The zero-order valence-electron chi connectivity index (χ0n) is 15.0. The molecule has 0 bridgehead atoms. The first-order chi connectivity index (χ1) is 13.2. The van der Waals surface area contributed by atoms with Crippen molar-refractivity contribution in [1.82, 2.24) is 0 Å². The molecule has 0 amide bonds. The van der Waals surface area contributed by atoms with E-state index in [9.17, 15) is 0 Å². The maximum atomic E-state index is 3.92. The molecule has 0 saturated heterocycles. The summed E-state index contributed by atoms with van der Waals surface area (Å²) in [6, 6.07) is 25.9. The number of rotatable bonds is 4. The number of allylic oxidation sites excluding steroid dienone is 4. The van der Waals surface area contributed by atoms with Crippen molar-refractivity contribution in [2.45, 2.75) is 0 Å². The van der Waals surface area contributed by atoms with Gasteiger partial charge in [0, 0.05) is 4.47 Å². The molecule has 0 heterocycles. The number of hydrogen-bond donors (Lipinski definition) is 0. The molecule has 0 saturated carbocycles. The average molecular weight is 411 g/mol. The second-order valence-corrected chi connectivity index (χ2v) is 7.28. The van der Waals surface area contributed by atoms with Gasteiger partial charge < -0.3 is 0 Å². The van der Waals surface area contributed by atoms with Crippen LogP contribution >= 0.6 is 15.9 Å². The quantitative estimate of drug-likeness (QED) is 0.235. The van der Waals surface area contributed by atoms with E-state index in [-0.39, 0.29) is 0 Å². The van der Waals surface area contributed by atoms with Gasteiger partial charge in [0.1, 0.15) is 0 Å². The van der Waals surface area contributed by atoms with E-state index in [0.29, 0.717) is 0 Å². The van der Waals surface area contributed by atoms with Gasteiger partial charge in [0.2, 0.25) is 0 Å². The van der Waals surface area contributed by atoms with Gasteiger partial charge in [-0.15, -0.1) is 0 Å². The Morgan fingerprint density at radius 2 is 1.56 bits per heavy atom. The van der Waals surface area contributed by atoms with Gasteiger partial charge in [0.15, 0.2) is 0 Å². The lowest BCUT2D eigenvalue weighted by atomic mass is 9.96. The summed E-state index contributed by atoms with van der Waals surface area (Å²) < 4.78 is 1.12. The van der Waals surface area contributed by atoms with Crippen LogP contribution in [0.4, 0.5) is 0 Å². The van der Waals surface area contributed by atoms with Crippen molar-refractivity contribution >= 4 is 43.0 Å². The zero-order valence-corrected chi connectivity index (χ0v) is 16.5. The first-order valence-corrected chi connectivity index (χ1v) is 9.67. The summed E-state index contributed by atoms with van der Waals surface area (Å²) in [5.41, 5.74) is 4.67. The third-order valence-corrected chi connectivity index (χ3v) is 5.70. The number of halogens is 1. The average Bonchev–Trinajstić information content (AvgIpc) is 2.72. The van der Waals surface area contributed by atoms with Gasteiger partial charge in [-0.3, -0.25) is 0 Å². The molecule has 0 radical (unpaired) electrons. The molecule has 1 heteroatoms. The number of fused-ring (bicyclic) bond motifs is 2. The highest BCUT2D eigenvalue weighted by atomic mass is 79.9. The SMILES string of the molecule is C=C/C=C(\C=C)c1ccc2cc3cc(-c4ccccc4)ccc3c(Br)c2c1. The molecule has 0 N–H and O–H groups in total. The van der Waals surface area contributed by atoms with Crippen LogP contribution in [0.3, 0.4) is 0 Å². The Morgan fingerprint density at radius 1 is 0.741 bits per heavy atom. The molecule has 27 heavy (non-hydrogen) atoms. The van der Waals surface area contributed by atoms with E-state index < -0.39 is 0 Å². The monoisotopic (exact) mass is 410 g/mol. The molecule has 4 aromatic carbocycles. The molecule has 0 aliphatic carbocycles. The lowest BCUT2D eigenvalue weighted by Crippen LogP contribution is -1.85. The first kappa shape index (κ1) is 17.5. The highest BCUT2D eigenvalue weighted by Crippen LogP contribution is 2.36. The summed E-state index contributed by atoms with van der Waals surface area (Å²) >= 11 is 3.84. The topological polar surface area (TPSA) is 0 Å². The molecule has 0 unspecified atom stereocenters. The summed E-state index contributed by atoms with van der Waals surface area (Å²) in [5.74, 6) is 0.